The van der Waals surface area contributed by atoms with Crippen LogP contribution in [-0.2, 0) is 6.61 Å². The minimum Gasteiger partial charge on any atom is -0.489 e. The molecule has 0 radical (unpaired) electrons. The maximum atomic E-state index is 12.5. The number of ether oxygens (including phenoxy) is 1. The summed E-state index contributed by atoms with van der Waals surface area (Å²) in [6, 6.07) is 19.0. The number of aryl methyl sites for hydroxylation is 2. The Kier molecular flexibility index (Phi) is 5.42. The number of carbonyl (C=O) groups excluding carboxylic acids is 1. The molecule has 0 aliphatic rings. The Morgan fingerprint density at radius 3 is 2.38 bits per heavy atom. The lowest BCUT2D eigenvalue weighted by Gasteiger charge is -2.13. The molecule has 4 nitrogen and oxygen atoms in total. The zero-order chi connectivity index (χ0) is 18.5. The minimum atomic E-state index is -0.110. The fourth-order valence-corrected chi connectivity index (χ4v) is 2.87. The van der Waals surface area contributed by atoms with Crippen LogP contribution in [-0.4, -0.2) is 5.91 Å². The van der Waals surface area contributed by atoms with Crippen molar-refractivity contribution >= 4 is 5.91 Å². The Labute approximate surface area is 153 Å². The van der Waals surface area contributed by atoms with E-state index in [0.717, 1.165) is 28.4 Å². The van der Waals surface area contributed by atoms with Crippen LogP contribution < -0.4 is 10.1 Å². The average Bonchev–Trinajstić information content (AvgIpc) is 2.99. The van der Waals surface area contributed by atoms with Crippen LogP contribution in [0.15, 0.2) is 65.1 Å². The third-order valence-electron chi connectivity index (χ3n) is 4.26. The summed E-state index contributed by atoms with van der Waals surface area (Å²) in [4.78, 5) is 12.5. The second-order valence-electron chi connectivity index (χ2n) is 6.36. The molecule has 4 heteroatoms. The van der Waals surface area contributed by atoms with E-state index in [1.54, 1.807) is 0 Å². The van der Waals surface area contributed by atoms with Gasteiger partial charge >= 0.3 is 0 Å². The Morgan fingerprint density at radius 2 is 1.77 bits per heavy atom. The lowest BCUT2D eigenvalue weighted by molar-refractivity contribution is 0.0939. The molecule has 1 N–H and O–H groups in total. The van der Waals surface area contributed by atoms with Gasteiger partial charge in [0.25, 0.3) is 5.91 Å². The van der Waals surface area contributed by atoms with Gasteiger partial charge in [-0.05, 0) is 56.7 Å². The summed E-state index contributed by atoms with van der Waals surface area (Å²) in [6.07, 6.45) is 0. The zero-order valence-electron chi connectivity index (χ0n) is 15.3. The molecule has 1 atom stereocenters. The second kappa shape index (κ2) is 7.91. The molecule has 0 spiro atoms. The number of nitrogens with one attached hydrogen (secondary N) is 1. The number of hydrogen-bond donors (Lipinski definition) is 1. The Morgan fingerprint density at radius 1 is 1.08 bits per heavy atom. The average molecular weight is 349 g/mol. The van der Waals surface area contributed by atoms with Crippen molar-refractivity contribution in [3.63, 3.8) is 0 Å². The summed E-state index contributed by atoms with van der Waals surface area (Å²) in [7, 11) is 0. The van der Waals surface area contributed by atoms with Crippen LogP contribution in [0.3, 0.4) is 0 Å². The molecular formula is C22H23NO3. The first kappa shape index (κ1) is 17.8. The van der Waals surface area contributed by atoms with Gasteiger partial charge in [-0.2, -0.15) is 0 Å². The molecule has 1 amide bonds. The Balaban J connectivity index is 1.59. The highest BCUT2D eigenvalue weighted by molar-refractivity contribution is 5.94. The van der Waals surface area contributed by atoms with Crippen molar-refractivity contribution in [1.29, 1.82) is 0 Å². The molecule has 0 aliphatic heterocycles. The second-order valence-corrected chi connectivity index (χ2v) is 6.36. The van der Waals surface area contributed by atoms with Crippen LogP contribution in [0.2, 0.25) is 0 Å². The van der Waals surface area contributed by atoms with Crippen LogP contribution in [0.5, 0.6) is 5.75 Å². The van der Waals surface area contributed by atoms with Gasteiger partial charge in [-0.15, -0.1) is 0 Å². The standard InChI is InChI=1S/C22H23NO3/c1-15-13-21(17(3)26-15)16(2)23-22(24)19-11-9-18(10-12-19)14-25-20-7-5-4-6-8-20/h4-13,16H,14H2,1-3H3,(H,23,24). The molecule has 3 aromatic rings. The van der Waals surface area contributed by atoms with Crippen molar-refractivity contribution in [2.24, 2.45) is 0 Å². The summed E-state index contributed by atoms with van der Waals surface area (Å²) >= 11 is 0. The first-order valence-electron chi connectivity index (χ1n) is 8.67. The van der Waals surface area contributed by atoms with Gasteiger partial charge in [-0.1, -0.05) is 30.3 Å². The van der Waals surface area contributed by atoms with E-state index < -0.39 is 0 Å². The van der Waals surface area contributed by atoms with Crippen LogP contribution in [0.1, 0.15) is 46.0 Å². The van der Waals surface area contributed by atoms with Gasteiger partial charge in [0.15, 0.2) is 0 Å². The SMILES string of the molecule is Cc1cc(C(C)NC(=O)c2ccc(COc3ccccc3)cc2)c(C)o1. The first-order chi connectivity index (χ1) is 12.5. The van der Waals surface area contributed by atoms with Gasteiger partial charge in [0, 0.05) is 11.1 Å². The summed E-state index contributed by atoms with van der Waals surface area (Å²) < 4.78 is 11.3. The predicted molar refractivity (Wildman–Crippen MR) is 101 cm³/mol. The van der Waals surface area contributed by atoms with Crippen molar-refractivity contribution in [3.05, 3.63) is 88.9 Å². The van der Waals surface area contributed by atoms with Gasteiger partial charge in [0.05, 0.1) is 6.04 Å². The lowest BCUT2D eigenvalue weighted by Crippen LogP contribution is -2.26. The predicted octanol–water partition coefficient (Wildman–Crippen LogP) is 4.97. The van der Waals surface area contributed by atoms with Gasteiger partial charge in [0.2, 0.25) is 0 Å². The van der Waals surface area contributed by atoms with Gasteiger partial charge in [-0.25, -0.2) is 0 Å². The van der Waals surface area contributed by atoms with E-state index in [0.29, 0.717) is 12.2 Å². The smallest absolute Gasteiger partial charge is 0.251 e. The molecule has 0 saturated carbocycles. The molecule has 0 fully saturated rings. The molecule has 134 valence electrons. The number of amides is 1. The van der Waals surface area contributed by atoms with E-state index >= 15 is 0 Å². The maximum Gasteiger partial charge on any atom is 0.251 e. The van der Waals surface area contributed by atoms with E-state index in [9.17, 15) is 4.79 Å². The summed E-state index contributed by atoms with van der Waals surface area (Å²) in [5, 5.41) is 3.01. The monoisotopic (exact) mass is 349 g/mol. The molecule has 0 bridgehead atoms. The van der Waals surface area contributed by atoms with Crippen molar-refractivity contribution < 1.29 is 13.9 Å². The summed E-state index contributed by atoms with van der Waals surface area (Å²) in [5.41, 5.74) is 2.64. The number of carbonyl (C=O) groups is 1. The lowest BCUT2D eigenvalue weighted by atomic mass is 10.1. The molecule has 1 heterocycles. The number of rotatable bonds is 6. The first-order valence-corrected chi connectivity index (χ1v) is 8.67. The van der Waals surface area contributed by atoms with Crippen molar-refractivity contribution in [2.75, 3.05) is 0 Å². The van der Waals surface area contributed by atoms with Gasteiger partial charge < -0.3 is 14.5 Å². The molecule has 2 aromatic carbocycles. The van der Waals surface area contributed by atoms with Crippen LogP contribution in [0.25, 0.3) is 0 Å². The topological polar surface area (TPSA) is 51.5 Å². The van der Waals surface area contributed by atoms with E-state index in [4.69, 9.17) is 9.15 Å². The molecule has 0 aliphatic carbocycles. The highest BCUT2D eigenvalue weighted by Crippen LogP contribution is 2.21. The van der Waals surface area contributed by atoms with E-state index in [1.807, 2.05) is 81.4 Å². The van der Waals surface area contributed by atoms with Crippen molar-refractivity contribution in [3.8, 4) is 5.75 Å². The fourth-order valence-electron chi connectivity index (χ4n) is 2.87. The van der Waals surface area contributed by atoms with E-state index in [-0.39, 0.29) is 11.9 Å². The minimum absolute atomic E-state index is 0.105. The van der Waals surface area contributed by atoms with Gasteiger partial charge in [0.1, 0.15) is 23.9 Å². The number of hydrogen-bond acceptors (Lipinski definition) is 3. The van der Waals surface area contributed by atoms with Crippen LogP contribution in [0, 0.1) is 13.8 Å². The highest BCUT2D eigenvalue weighted by atomic mass is 16.5. The largest absolute Gasteiger partial charge is 0.489 e. The van der Waals surface area contributed by atoms with Crippen LogP contribution in [0.4, 0.5) is 0 Å². The number of furan rings is 1. The third-order valence-corrected chi connectivity index (χ3v) is 4.26. The maximum absolute atomic E-state index is 12.5. The fraction of sp³-hybridized carbons (Fsp3) is 0.227. The van der Waals surface area contributed by atoms with E-state index in [2.05, 4.69) is 5.32 Å². The van der Waals surface area contributed by atoms with Gasteiger partial charge in [-0.3, -0.25) is 4.79 Å². The zero-order valence-corrected chi connectivity index (χ0v) is 15.3. The summed E-state index contributed by atoms with van der Waals surface area (Å²) in [6.45, 7) is 6.24. The normalized spacial score (nSPS) is 11.8. The summed E-state index contributed by atoms with van der Waals surface area (Å²) in [5.74, 6) is 2.41. The number of benzene rings is 2. The third kappa shape index (κ3) is 4.33. The number of para-hydroxylation sites is 1. The molecule has 26 heavy (non-hydrogen) atoms. The van der Waals surface area contributed by atoms with Crippen molar-refractivity contribution in [1.82, 2.24) is 5.32 Å². The van der Waals surface area contributed by atoms with Crippen molar-refractivity contribution in [2.45, 2.75) is 33.4 Å². The Hall–Kier alpha value is -3.01. The Bertz CT molecular complexity index is 866. The van der Waals surface area contributed by atoms with E-state index in [1.165, 1.54) is 0 Å². The molecule has 0 saturated heterocycles. The molecule has 1 unspecified atom stereocenters. The molecular weight excluding hydrogens is 326 g/mol. The highest BCUT2D eigenvalue weighted by Gasteiger charge is 2.16. The van der Waals surface area contributed by atoms with Crippen LogP contribution >= 0.6 is 0 Å². The quantitative estimate of drug-likeness (QED) is 0.684. The molecule has 3 rings (SSSR count). The molecule has 1 aromatic heterocycles.